The highest BCUT2D eigenvalue weighted by atomic mass is 32.2. The third kappa shape index (κ3) is 7.38. The van der Waals surface area contributed by atoms with Gasteiger partial charge in [-0.1, -0.05) is 0 Å². The Morgan fingerprint density at radius 2 is 1.88 bits per heavy atom. The molecule has 4 nitrogen and oxygen atoms in total. The normalized spacial score (nSPS) is 13.1. The summed E-state index contributed by atoms with van der Waals surface area (Å²) in [6.45, 7) is -0.201. The molecule has 1 unspecified atom stereocenters. The van der Waals surface area contributed by atoms with Gasteiger partial charge in [0.15, 0.2) is 0 Å². The van der Waals surface area contributed by atoms with Crippen molar-refractivity contribution in [2.45, 2.75) is 18.3 Å². The number of carbonyl (C=O) groups excluding carboxylic acids is 2. The van der Waals surface area contributed by atoms with E-state index < -0.39 is 25.2 Å². The maximum absolute atomic E-state index is 11.7. The Hall–Kier alpha value is -0.920. The molecule has 0 aromatic carbocycles. The number of alkyl halides is 3. The Morgan fingerprint density at radius 1 is 1.31 bits per heavy atom. The van der Waals surface area contributed by atoms with Gasteiger partial charge in [-0.2, -0.15) is 24.9 Å². The number of hydrogen-bond donors (Lipinski definition) is 2. The maximum atomic E-state index is 11.7. The SMILES string of the molecule is CSC(C)C(=O)NCC(=O)NCC(F)(F)F. The van der Waals surface area contributed by atoms with Gasteiger partial charge in [0.05, 0.1) is 11.8 Å². The van der Waals surface area contributed by atoms with Crippen molar-refractivity contribution < 1.29 is 22.8 Å². The van der Waals surface area contributed by atoms with Gasteiger partial charge < -0.3 is 10.6 Å². The fourth-order valence-electron chi connectivity index (χ4n) is 0.679. The molecule has 0 saturated heterocycles. The Balaban J connectivity index is 3.78. The van der Waals surface area contributed by atoms with Crippen LogP contribution >= 0.6 is 11.8 Å². The summed E-state index contributed by atoms with van der Waals surface area (Å²) in [6.07, 6.45) is -2.72. The molecule has 0 aromatic heterocycles. The molecule has 8 heteroatoms. The van der Waals surface area contributed by atoms with E-state index in [0.29, 0.717) is 0 Å². The summed E-state index contributed by atoms with van der Waals surface area (Å²) >= 11 is 1.28. The van der Waals surface area contributed by atoms with Gasteiger partial charge in [0.1, 0.15) is 6.54 Å². The molecule has 0 saturated carbocycles. The zero-order valence-corrected chi connectivity index (χ0v) is 9.67. The predicted molar refractivity (Wildman–Crippen MR) is 55.1 cm³/mol. The molecule has 0 heterocycles. The van der Waals surface area contributed by atoms with E-state index in [1.54, 1.807) is 18.5 Å². The van der Waals surface area contributed by atoms with E-state index in [-0.39, 0.29) is 11.2 Å². The lowest BCUT2D eigenvalue weighted by atomic mass is 10.4. The number of amides is 2. The number of hydrogen-bond acceptors (Lipinski definition) is 3. The van der Waals surface area contributed by atoms with Crippen molar-refractivity contribution >= 4 is 23.6 Å². The minimum absolute atomic E-state index is 0.338. The van der Waals surface area contributed by atoms with Crippen LogP contribution in [0.4, 0.5) is 13.2 Å². The van der Waals surface area contributed by atoms with Crippen LogP contribution in [-0.4, -0.2) is 42.6 Å². The number of carbonyl (C=O) groups is 2. The van der Waals surface area contributed by atoms with Crippen molar-refractivity contribution in [1.82, 2.24) is 10.6 Å². The Morgan fingerprint density at radius 3 is 2.31 bits per heavy atom. The van der Waals surface area contributed by atoms with E-state index in [4.69, 9.17) is 0 Å². The molecule has 0 bridgehead atoms. The molecule has 16 heavy (non-hydrogen) atoms. The molecular formula is C8H13F3N2O2S. The minimum atomic E-state index is -4.44. The van der Waals surface area contributed by atoms with Crippen LogP contribution in [0.1, 0.15) is 6.92 Å². The summed E-state index contributed by atoms with van der Waals surface area (Å²) in [6, 6.07) is 0. The fourth-order valence-corrected chi connectivity index (χ4v) is 0.977. The highest BCUT2D eigenvalue weighted by molar-refractivity contribution is 7.99. The lowest BCUT2D eigenvalue weighted by molar-refractivity contribution is -0.138. The zero-order chi connectivity index (χ0) is 12.8. The molecule has 2 N–H and O–H groups in total. The second kappa shape index (κ2) is 6.62. The topological polar surface area (TPSA) is 58.2 Å². The van der Waals surface area contributed by atoms with E-state index in [1.807, 2.05) is 0 Å². The van der Waals surface area contributed by atoms with Gasteiger partial charge in [-0.3, -0.25) is 9.59 Å². The number of rotatable bonds is 5. The summed E-state index contributed by atoms with van der Waals surface area (Å²) in [5, 5.41) is 3.54. The monoisotopic (exact) mass is 258 g/mol. The van der Waals surface area contributed by atoms with E-state index in [9.17, 15) is 22.8 Å². The average Bonchev–Trinajstić information content (AvgIpc) is 2.20. The molecule has 0 radical (unpaired) electrons. The first-order valence-corrected chi connectivity index (χ1v) is 5.69. The van der Waals surface area contributed by atoms with Gasteiger partial charge in [-0.15, -0.1) is 0 Å². The van der Waals surface area contributed by atoms with Crippen LogP contribution in [0, 0.1) is 0 Å². The predicted octanol–water partition coefficient (Wildman–Crippen LogP) is 0.533. The number of nitrogens with one attached hydrogen (secondary N) is 2. The van der Waals surface area contributed by atoms with Gasteiger partial charge in [-0.05, 0) is 13.2 Å². The molecule has 0 aromatic rings. The largest absolute Gasteiger partial charge is 0.405 e. The smallest absolute Gasteiger partial charge is 0.346 e. The van der Waals surface area contributed by atoms with Crippen LogP contribution in [0.15, 0.2) is 0 Å². The lowest BCUT2D eigenvalue weighted by Gasteiger charge is -2.11. The molecule has 1 atom stereocenters. The van der Waals surface area contributed by atoms with Crippen molar-refractivity contribution in [1.29, 1.82) is 0 Å². The van der Waals surface area contributed by atoms with Crippen LogP contribution in [0.5, 0.6) is 0 Å². The van der Waals surface area contributed by atoms with E-state index in [1.165, 1.54) is 11.8 Å². The van der Waals surface area contributed by atoms with Crippen LogP contribution in [-0.2, 0) is 9.59 Å². The standard InChI is InChI=1S/C8H13F3N2O2S/c1-5(16-2)7(15)12-3-6(14)13-4-8(9,10)11/h5H,3-4H2,1-2H3,(H,12,15)(H,13,14). The molecule has 0 fully saturated rings. The van der Waals surface area contributed by atoms with E-state index in [2.05, 4.69) is 5.32 Å². The van der Waals surface area contributed by atoms with Crippen LogP contribution in [0.2, 0.25) is 0 Å². The third-order valence-electron chi connectivity index (χ3n) is 1.63. The van der Waals surface area contributed by atoms with E-state index >= 15 is 0 Å². The van der Waals surface area contributed by atoms with Crippen molar-refractivity contribution in [2.24, 2.45) is 0 Å². The summed E-state index contributed by atoms with van der Waals surface area (Å²) in [5.74, 6) is -1.24. The van der Waals surface area contributed by atoms with Crippen LogP contribution in [0.3, 0.4) is 0 Å². The van der Waals surface area contributed by atoms with E-state index in [0.717, 1.165) is 0 Å². The van der Waals surface area contributed by atoms with Crippen molar-refractivity contribution in [2.75, 3.05) is 19.3 Å². The zero-order valence-electron chi connectivity index (χ0n) is 8.85. The molecule has 0 rings (SSSR count). The summed E-state index contributed by atoms with van der Waals surface area (Å²) in [5.41, 5.74) is 0. The highest BCUT2D eigenvalue weighted by Crippen LogP contribution is 2.11. The second-order valence-electron chi connectivity index (χ2n) is 2.99. The van der Waals surface area contributed by atoms with Crippen molar-refractivity contribution in [3.63, 3.8) is 0 Å². The first-order chi connectivity index (χ1) is 7.26. The minimum Gasteiger partial charge on any atom is -0.346 e. The average molecular weight is 258 g/mol. The first-order valence-electron chi connectivity index (χ1n) is 4.40. The van der Waals surface area contributed by atoms with Gasteiger partial charge in [0.25, 0.3) is 0 Å². The molecular weight excluding hydrogens is 245 g/mol. The maximum Gasteiger partial charge on any atom is 0.405 e. The quantitative estimate of drug-likeness (QED) is 0.756. The number of halogens is 3. The summed E-state index contributed by atoms with van der Waals surface area (Å²) in [7, 11) is 0. The van der Waals surface area contributed by atoms with Gasteiger partial charge in [0, 0.05) is 0 Å². The van der Waals surface area contributed by atoms with Gasteiger partial charge in [0.2, 0.25) is 11.8 Å². The lowest BCUT2D eigenvalue weighted by Crippen LogP contribution is -2.42. The number of thioether (sulfide) groups is 1. The van der Waals surface area contributed by atoms with Gasteiger partial charge in [-0.25, -0.2) is 0 Å². The van der Waals surface area contributed by atoms with Crippen LogP contribution < -0.4 is 10.6 Å². The Kier molecular flexibility index (Phi) is 6.24. The molecule has 0 aliphatic heterocycles. The third-order valence-corrected chi connectivity index (χ3v) is 2.55. The highest BCUT2D eigenvalue weighted by Gasteiger charge is 2.27. The molecule has 2 amide bonds. The van der Waals surface area contributed by atoms with Crippen molar-refractivity contribution in [3.05, 3.63) is 0 Å². The molecule has 0 aliphatic carbocycles. The first kappa shape index (κ1) is 15.1. The Bertz CT molecular complexity index is 258. The van der Waals surface area contributed by atoms with Gasteiger partial charge >= 0.3 is 6.18 Å². The van der Waals surface area contributed by atoms with Crippen molar-refractivity contribution in [3.8, 4) is 0 Å². The second-order valence-corrected chi connectivity index (χ2v) is 4.17. The fraction of sp³-hybridized carbons (Fsp3) is 0.750. The molecule has 0 spiro atoms. The Labute approximate surface area is 95.3 Å². The summed E-state index contributed by atoms with van der Waals surface area (Å²) in [4.78, 5) is 22.0. The molecule has 0 aliphatic rings. The summed E-state index contributed by atoms with van der Waals surface area (Å²) < 4.78 is 35.1. The van der Waals surface area contributed by atoms with Crippen LogP contribution in [0.25, 0.3) is 0 Å². The molecule has 94 valence electrons.